The van der Waals surface area contributed by atoms with Crippen LogP contribution in [0.2, 0.25) is 0 Å². The summed E-state index contributed by atoms with van der Waals surface area (Å²) in [5.74, 6) is 0.785. The van der Waals surface area contributed by atoms with E-state index in [1.54, 1.807) is 6.07 Å². The molecule has 2 N–H and O–H groups in total. The minimum absolute atomic E-state index is 0.0542. The summed E-state index contributed by atoms with van der Waals surface area (Å²) < 4.78 is 5.94. The van der Waals surface area contributed by atoms with Crippen molar-refractivity contribution in [2.45, 2.75) is 53.4 Å². The van der Waals surface area contributed by atoms with Crippen molar-refractivity contribution in [1.82, 2.24) is 0 Å². The van der Waals surface area contributed by atoms with E-state index in [2.05, 4.69) is 22.8 Å². The topological polar surface area (TPSA) is 67.4 Å². The Bertz CT molecular complexity index is 1140. The summed E-state index contributed by atoms with van der Waals surface area (Å²) in [7, 11) is 0. The van der Waals surface area contributed by atoms with Crippen LogP contribution in [-0.2, 0) is 16.0 Å². The Morgan fingerprint density at radius 1 is 0.857 bits per heavy atom. The second-order valence-electron chi connectivity index (χ2n) is 9.67. The van der Waals surface area contributed by atoms with E-state index < -0.39 is 5.41 Å². The summed E-state index contributed by atoms with van der Waals surface area (Å²) in [6.45, 7) is 8.52. The van der Waals surface area contributed by atoms with Gasteiger partial charge in [-0.15, -0.1) is 0 Å². The predicted octanol–water partition coefficient (Wildman–Crippen LogP) is 6.70. The second kappa shape index (κ2) is 12.2. The molecule has 184 valence electrons. The molecule has 0 radical (unpaired) electrons. The Kier molecular flexibility index (Phi) is 9.07. The second-order valence-corrected chi connectivity index (χ2v) is 9.67. The molecule has 0 aliphatic heterocycles. The number of nitrogens with one attached hydrogen (secondary N) is 2. The average molecular weight is 473 g/mol. The number of rotatable bonds is 11. The summed E-state index contributed by atoms with van der Waals surface area (Å²) in [4.78, 5) is 25.3. The van der Waals surface area contributed by atoms with Gasteiger partial charge < -0.3 is 15.4 Å². The molecule has 0 fully saturated rings. The van der Waals surface area contributed by atoms with Crippen LogP contribution in [-0.4, -0.2) is 18.4 Å². The van der Waals surface area contributed by atoms with Crippen molar-refractivity contribution in [3.63, 3.8) is 0 Å². The van der Waals surface area contributed by atoms with Crippen LogP contribution in [0, 0.1) is 19.3 Å². The summed E-state index contributed by atoms with van der Waals surface area (Å²) in [5.41, 5.74) is 4.18. The van der Waals surface area contributed by atoms with Crippen molar-refractivity contribution in [3.05, 3.63) is 89.5 Å². The quantitative estimate of drug-likeness (QED) is 0.305. The number of aryl methyl sites for hydroxylation is 3. The van der Waals surface area contributed by atoms with Crippen molar-refractivity contribution in [3.8, 4) is 5.75 Å². The van der Waals surface area contributed by atoms with Gasteiger partial charge in [0.05, 0.1) is 6.61 Å². The van der Waals surface area contributed by atoms with Crippen LogP contribution in [0.5, 0.6) is 5.75 Å². The third-order valence-corrected chi connectivity index (χ3v) is 6.05. The lowest BCUT2D eigenvalue weighted by Gasteiger charge is -2.24. The van der Waals surface area contributed by atoms with Gasteiger partial charge in [-0.3, -0.25) is 9.59 Å². The van der Waals surface area contributed by atoms with Crippen molar-refractivity contribution in [2.24, 2.45) is 5.41 Å². The molecule has 0 saturated carbocycles. The SMILES string of the molecule is Cc1ccc(C)c(OCCCC(C)(C)C(=O)Nc2cccc(NC(=O)CCc3ccccc3)c2)c1. The van der Waals surface area contributed by atoms with Crippen molar-refractivity contribution < 1.29 is 14.3 Å². The molecule has 35 heavy (non-hydrogen) atoms. The van der Waals surface area contributed by atoms with Gasteiger partial charge in [-0.05, 0) is 74.1 Å². The van der Waals surface area contributed by atoms with E-state index in [9.17, 15) is 9.59 Å². The van der Waals surface area contributed by atoms with Gasteiger partial charge in [-0.25, -0.2) is 0 Å². The maximum absolute atomic E-state index is 13.0. The Hall–Kier alpha value is -3.60. The number of hydrogen-bond acceptors (Lipinski definition) is 3. The largest absolute Gasteiger partial charge is 0.493 e. The van der Waals surface area contributed by atoms with Gasteiger partial charge in [0.15, 0.2) is 0 Å². The Morgan fingerprint density at radius 2 is 1.57 bits per heavy atom. The molecule has 0 saturated heterocycles. The molecule has 0 aromatic heterocycles. The molecule has 2 amide bonds. The van der Waals surface area contributed by atoms with E-state index in [1.165, 1.54) is 5.56 Å². The highest BCUT2D eigenvalue weighted by Crippen LogP contribution is 2.26. The molecule has 5 nitrogen and oxygen atoms in total. The molecule has 0 heterocycles. The predicted molar refractivity (Wildman–Crippen MR) is 143 cm³/mol. The van der Waals surface area contributed by atoms with Gasteiger partial charge >= 0.3 is 0 Å². The molecule has 3 aromatic rings. The molecule has 0 aliphatic rings. The Balaban J connectivity index is 1.46. The van der Waals surface area contributed by atoms with E-state index in [1.807, 2.05) is 82.3 Å². The number of ether oxygens (including phenoxy) is 1. The first-order chi connectivity index (χ1) is 16.7. The van der Waals surface area contributed by atoms with E-state index in [0.29, 0.717) is 37.2 Å². The van der Waals surface area contributed by atoms with E-state index in [4.69, 9.17) is 4.74 Å². The van der Waals surface area contributed by atoms with Crippen molar-refractivity contribution in [1.29, 1.82) is 0 Å². The van der Waals surface area contributed by atoms with Crippen LogP contribution >= 0.6 is 0 Å². The first-order valence-electron chi connectivity index (χ1n) is 12.2. The van der Waals surface area contributed by atoms with Gasteiger partial charge in [0.2, 0.25) is 11.8 Å². The number of carbonyl (C=O) groups is 2. The van der Waals surface area contributed by atoms with Gasteiger partial charge in [0, 0.05) is 23.2 Å². The third kappa shape index (κ3) is 8.29. The highest BCUT2D eigenvalue weighted by atomic mass is 16.5. The normalized spacial score (nSPS) is 11.1. The van der Waals surface area contributed by atoms with Crippen LogP contribution in [0.15, 0.2) is 72.8 Å². The monoisotopic (exact) mass is 472 g/mol. The van der Waals surface area contributed by atoms with Crippen LogP contribution in [0.25, 0.3) is 0 Å². The smallest absolute Gasteiger partial charge is 0.230 e. The molecule has 0 spiro atoms. The number of amides is 2. The standard InChI is InChI=1S/C30H36N2O3/c1-22-14-15-23(2)27(20-22)35-19-9-18-30(3,4)29(34)32-26-13-8-12-25(21-26)31-28(33)17-16-24-10-6-5-7-11-24/h5-8,10-15,20-21H,9,16-19H2,1-4H3,(H,31,33)(H,32,34). The molecular weight excluding hydrogens is 436 g/mol. The molecule has 3 aromatic carbocycles. The number of hydrogen-bond donors (Lipinski definition) is 2. The maximum Gasteiger partial charge on any atom is 0.230 e. The van der Waals surface area contributed by atoms with Crippen molar-refractivity contribution in [2.75, 3.05) is 17.2 Å². The number of anilines is 2. The fourth-order valence-corrected chi connectivity index (χ4v) is 3.77. The first-order valence-corrected chi connectivity index (χ1v) is 12.2. The number of carbonyl (C=O) groups excluding carboxylic acids is 2. The van der Waals surface area contributed by atoms with Crippen LogP contribution in [0.3, 0.4) is 0 Å². The zero-order valence-electron chi connectivity index (χ0n) is 21.2. The molecule has 0 bridgehead atoms. The minimum atomic E-state index is -0.556. The lowest BCUT2D eigenvalue weighted by atomic mass is 9.87. The average Bonchev–Trinajstić information content (AvgIpc) is 2.83. The highest BCUT2D eigenvalue weighted by Gasteiger charge is 2.27. The molecular formula is C30H36N2O3. The lowest BCUT2D eigenvalue weighted by molar-refractivity contribution is -0.124. The molecule has 0 unspecified atom stereocenters. The maximum atomic E-state index is 13.0. The third-order valence-electron chi connectivity index (χ3n) is 6.05. The summed E-state index contributed by atoms with van der Waals surface area (Å²) in [6, 6.07) is 23.4. The summed E-state index contributed by atoms with van der Waals surface area (Å²) >= 11 is 0. The molecule has 5 heteroatoms. The minimum Gasteiger partial charge on any atom is -0.493 e. The van der Waals surface area contributed by atoms with E-state index in [0.717, 1.165) is 23.3 Å². The fraction of sp³-hybridized carbons (Fsp3) is 0.333. The van der Waals surface area contributed by atoms with E-state index in [-0.39, 0.29) is 11.8 Å². The Labute approximate surface area is 208 Å². The van der Waals surface area contributed by atoms with Crippen LogP contribution in [0.1, 0.15) is 49.8 Å². The van der Waals surface area contributed by atoms with Gasteiger partial charge in [0.25, 0.3) is 0 Å². The zero-order valence-corrected chi connectivity index (χ0v) is 21.2. The fourth-order valence-electron chi connectivity index (χ4n) is 3.77. The summed E-state index contributed by atoms with van der Waals surface area (Å²) in [6.07, 6.45) is 2.55. The lowest BCUT2D eigenvalue weighted by Crippen LogP contribution is -2.31. The van der Waals surface area contributed by atoms with Crippen LogP contribution < -0.4 is 15.4 Å². The highest BCUT2D eigenvalue weighted by molar-refractivity contribution is 5.96. The first kappa shape index (κ1) is 26.0. The molecule has 3 rings (SSSR count). The van der Waals surface area contributed by atoms with Gasteiger partial charge in [0.1, 0.15) is 5.75 Å². The van der Waals surface area contributed by atoms with E-state index >= 15 is 0 Å². The van der Waals surface area contributed by atoms with Crippen LogP contribution in [0.4, 0.5) is 11.4 Å². The van der Waals surface area contributed by atoms with Crippen molar-refractivity contribution >= 4 is 23.2 Å². The molecule has 0 atom stereocenters. The van der Waals surface area contributed by atoms with Gasteiger partial charge in [-0.1, -0.05) is 62.4 Å². The molecule has 0 aliphatic carbocycles. The van der Waals surface area contributed by atoms with Gasteiger partial charge in [-0.2, -0.15) is 0 Å². The zero-order chi connectivity index (χ0) is 25.3. The Morgan fingerprint density at radius 3 is 2.31 bits per heavy atom. The number of benzene rings is 3. The summed E-state index contributed by atoms with van der Waals surface area (Å²) in [5, 5.41) is 5.92.